The molecule has 0 aromatic heterocycles. The van der Waals surface area contributed by atoms with Gasteiger partial charge in [-0.15, -0.1) is 0 Å². The first-order valence-corrected chi connectivity index (χ1v) is 10.7. The highest BCUT2D eigenvalue weighted by molar-refractivity contribution is 5.80. The lowest BCUT2D eigenvalue weighted by atomic mass is 10.0. The number of para-hydroxylation sites is 1. The molecule has 2 atom stereocenters. The van der Waals surface area contributed by atoms with E-state index in [1.165, 1.54) is 17.7 Å². The monoisotopic (exact) mass is 376 g/mol. The van der Waals surface area contributed by atoms with E-state index < -0.39 is 0 Å². The van der Waals surface area contributed by atoms with Crippen LogP contribution in [0.4, 0.5) is 5.69 Å². The number of piperidine rings is 1. The van der Waals surface area contributed by atoms with Crippen LogP contribution in [-0.4, -0.2) is 38.2 Å². The summed E-state index contributed by atoms with van der Waals surface area (Å²) in [7, 11) is 0. The van der Waals surface area contributed by atoms with Crippen molar-refractivity contribution in [1.82, 2.24) is 10.6 Å². The maximum absolute atomic E-state index is 4.90. The van der Waals surface area contributed by atoms with E-state index in [0.717, 1.165) is 45.0 Å². The first kappa shape index (κ1) is 18.9. The Bertz CT molecular complexity index is 751. The van der Waals surface area contributed by atoms with E-state index in [-0.39, 0.29) is 0 Å². The third-order valence-electron chi connectivity index (χ3n) is 5.94. The fraction of sp³-hybridized carbons (Fsp3) is 0.458. The number of hydrogen-bond acceptors (Lipinski definition) is 2. The molecule has 4 nitrogen and oxygen atoms in total. The van der Waals surface area contributed by atoms with E-state index in [0.29, 0.717) is 17.9 Å². The van der Waals surface area contributed by atoms with Crippen molar-refractivity contribution in [2.24, 2.45) is 10.9 Å². The van der Waals surface area contributed by atoms with Gasteiger partial charge in [0.2, 0.25) is 0 Å². The van der Waals surface area contributed by atoms with E-state index in [1.807, 2.05) is 0 Å². The molecule has 1 heterocycles. The summed E-state index contributed by atoms with van der Waals surface area (Å²) in [6.45, 7) is 6.15. The van der Waals surface area contributed by atoms with Gasteiger partial charge in [0, 0.05) is 37.9 Å². The smallest absolute Gasteiger partial charge is 0.191 e. The summed E-state index contributed by atoms with van der Waals surface area (Å²) >= 11 is 0. The van der Waals surface area contributed by atoms with Gasteiger partial charge in [-0.1, -0.05) is 48.5 Å². The molecule has 0 bridgehead atoms. The van der Waals surface area contributed by atoms with Crippen LogP contribution in [-0.2, 0) is 0 Å². The molecule has 28 heavy (non-hydrogen) atoms. The van der Waals surface area contributed by atoms with Crippen LogP contribution in [0, 0.1) is 5.92 Å². The maximum Gasteiger partial charge on any atom is 0.191 e. The Morgan fingerprint density at radius 1 is 1.00 bits per heavy atom. The summed E-state index contributed by atoms with van der Waals surface area (Å²) in [4.78, 5) is 7.39. The van der Waals surface area contributed by atoms with Gasteiger partial charge >= 0.3 is 0 Å². The highest BCUT2D eigenvalue weighted by Crippen LogP contribution is 2.47. The zero-order chi connectivity index (χ0) is 19.2. The number of aliphatic imine (C=N–C) groups is 1. The minimum atomic E-state index is 0.502. The minimum absolute atomic E-state index is 0.502. The lowest BCUT2D eigenvalue weighted by molar-refractivity contribution is 0.461. The van der Waals surface area contributed by atoms with Crippen molar-refractivity contribution in [2.75, 3.05) is 31.1 Å². The van der Waals surface area contributed by atoms with Gasteiger partial charge in [-0.25, -0.2) is 0 Å². The molecule has 1 saturated carbocycles. The van der Waals surface area contributed by atoms with Crippen molar-refractivity contribution in [3.05, 3.63) is 66.2 Å². The molecule has 0 amide bonds. The van der Waals surface area contributed by atoms with Crippen molar-refractivity contribution in [1.29, 1.82) is 0 Å². The average molecular weight is 377 g/mol. The predicted octanol–water partition coefficient (Wildman–Crippen LogP) is 4.01. The number of rotatable bonds is 6. The lowest BCUT2D eigenvalue weighted by Gasteiger charge is -2.34. The number of nitrogens with zero attached hydrogens (tertiary/aromatic N) is 2. The fourth-order valence-electron chi connectivity index (χ4n) is 4.20. The largest absolute Gasteiger partial charge is 0.371 e. The SMILES string of the molecule is CCNC(=NCC1CC1c1ccccc1)NC1CCN(c2ccccc2)CC1. The van der Waals surface area contributed by atoms with Crippen LogP contribution >= 0.6 is 0 Å². The second-order valence-corrected chi connectivity index (χ2v) is 7.97. The average Bonchev–Trinajstić information content (AvgIpc) is 3.54. The summed E-state index contributed by atoms with van der Waals surface area (Å²) in [5.41, 5.74) is 2.80. The van der Waals surface area contributed by atoms with Crippen molar-refractivity contribution >= 4 is 11.6 Å². The molecule has 1 aliphatic carbocycles. The van der Waals surface area contributed by atoms with Crippen LogP contribution in [0.5, 0.6) is 0 Å². The molecule has 4 rings (SSSR count). The van der Waals surface area contributed by atoms with E-state index in [9.17, 15) is 0 Å². The van der Waals surface area contributed by atoms with Gasteiger partial charge in [0.25, 0.3) is 0 Å². The molecule has 148 valence electrons. The van der Waals surface area contributed by atoms with Crippen LogP contribution in [0.1, 0.15) is 37.7 Å². The Labute approximate surface area is 169 Å². The van der Waals surface area contributed by atoms with Gasteiger partial charge in [-0.2, -0.15) is 0 Å². The third kappa shape index (κ3) is 4.86. The molecule has 2 aliphatic rings. The Kier molecular flexibility index (Phi) is 6.15. The Morgan fingerprint density at radius 3 is 2.36 bits per heavy atom. The van der Waals surface area contributed by atoms with Gasteiger partial charge in [-0.05, 0) is 55.7 Å². The molecule has 0 radical (unpaired) electrons. The molecule has 2 aromatic carbocycles. The summed E-state index contributed by atoms with van der Waals surface area (Å²) in [5.74, 6) is 2.37. The van der Waals surface area contributed by atoms with Gasteiger partial charge in [-0.3, -0.25) is 4.99 Å². The van der Waals surface area contributed by atoms with Gasteiger partial charge in [0.05, 0.1) is 0 Å². The first-order valence-electron chi connectivity index (χ1n) is 10.7. The summed E-state index contributed by atoms with van der Waals surface area (Å²) in [6, 6.07) is 22.1. The van der Waals surface area contributed by atoms with Crippen LogP contribution in [0.25, 0.3) is 0 Å². The lowest BCUT2D eigenvalue weighted by Crippen LogP contribution is -2.48. The zero-order valence-corrected chi connectivity index (χ0v) is 16.8. The standard InChI is InChI=1S/C24H32N4/c1-2-25-24(26-18-20-17-23(20)19-9-5-3-6-10-19)27-21-13-15-28(16-14-21)22-11-7-4-8-12-22/h3-12,20-21,23H,2,13-18H2,1H3,(H2,25,26,27). The summed E-state index contributed by atoms with van der Waals surface area (Å²) < 4.78 is 0. The number of nitrogens with one attached hydrogen (secondary N) is 2. The molecule has 2 aromatic rings. The first-order chi connectivity index (χ1) is 13.8. The van der Waals surface area contributed by atoms with Crippen molar-refractivity contribution < 1.29 is 0 Å². The van der Waals surface area contributed by atoms with Crippen LogP contribution in [0.2, 0.25) is 0 Å². The molecule has 2 unspecified atom stereocenters. The topological polar surface area (TPSA) is 39.7 Å². The number of hydrogen-bond donors (Lipinski definition) is 2. The van der Waals surface area contributed by atoms with Crippen LogP contribution < -0.4 is 15.5 Å². The zero-order valence-electron chi connectivity index (χ0n) is 16.8. The van der Waals surface area contributed by atoms with Crippen LogP contribution in [0.15, 0.2) is 65.7 Å². The second-order valence-electron chi connectivity index (χ2n) is 7.97. The molecular formula is C24H32N4. The van der Waals surface area contributed by atoms with Gasteiger partial charge in [0.15, 0.2) is 5.96 Å². The quantitative estimate of drug-likeness (QED) is 0.591. The Balaban J connectivity index is 1.27. The van der Waals surface area contributed by atoms with Crippen LogP contribution in [0.3, 0.4) is 0 Å². The van der Waals surface area contributed by atoms with Gasteiger partial charge < -0.3 is 15.5 Å². The summed E-state index contributed by atoms with van der Waals surface area (Å²) in [5, 5.41) is 7.11. The van der Waals surface area contributed by atoms with Crippen molar-refractivity contribution in [3.63, 3.8) is 0 Å². The number of benzene rings is 2. The molecule has 2 fully saturated rings. The third-order valence-corrected chi connectivity index (χ3v) is 5.94. The molecule has 1 saturated heterocycles. The summed E-state index contributed by atoms with van der Waals surface area (Å²) in [6.07, 6.45) is 3.56. The Hall–Kier alpha value is -2.49. The van der Waals surface area contributed by atoms with Crippen molar-refractivity contribution in [3.8, 4) is 0 Å². The minimum Gasteiger partial charge on any atom is -0.371 e. The van der Waals surface area contributed by atoms with Crippen molar-refractivity contribution in [2.45, 2.75) is 38.1 Å². The van der Waals surface area contributed by atoms with E-state index >= 15 is 0 Å². The van der Waals surface area contributed by atoms with E-state index in [2.05, 4.69) is 83.1 Å². The molecule has 4 heteroatoms. The second kappa shape index (κ2) is 9.13. The highest BCUT2D eigenvalue weighted by atomic mass is 15.2. The molecular weight excluding hydrogens is 344 g/mol. The molecule has 1 aliphatic heterocycles. The predicted molar refractivity (Wildman–Crippen MR) is 118 cm³/mol. The molecule has 2 N–H and O–H groups in total. The normalized spacial score (nSPS) is 22.8. The highest BCUT2D eigenvalue weighted by Gasteiger charge is 2.37. The number of anilines is 1. The molecule has 0 spiro atoms. The number of guanidine groups is 1. The Morgan fingerprint density at radius 2 is 1.68 bits per heavy atom. The van der Waals surface area contributed by atoms with E-state index in [1.54, 1.807) is 0 Å². The van der Waals surface area contributed by atoms with E-state index in [4.69, 9.17) is 4.99 Å². The fourth-order valence-corrected chi connectivity index (χ4v) is 4.20. The maximum atomic E-state index is 4.90. The van der Waals surface area contributed by atoms with Gasteiger partial charge in [0.1, 0.15) is 0 Å².